The number of nitrogens with two attached hydrogens (primary N) is 1. The number of benzene rings is 1. The van der Waals surface area contributed by atoms with Gasteiger partial charge in [-0.2, -0.15) is 0 Å². The third-order valence-corrected chi connectivity index (χ3v) is 4.47. The smallest absolute Gasteiger partial charge is 0.224 e. The molecule has 23 heavy (non-hydrogen) atoms. The number of likely N-dealkylation sites (tertiary alicyclic amines) is 1. The minimum Gasteiger partial charge on any atom is -0.341 e. The van der Waals surface area contributed by atoms with Crippen molar-refractivity contribution in [3.63, 3.8) is 0 Å². The second-order valence-electron chi connectivity index (χ2n) is 5.72. The van der Waals surface area contributed by atoms with E-state index in [2.05, 4.69) is 18.7 Å². The molecule has 132 valence electrons. The summed E-state index contributed by atoms with van der Waals surface area (Å²) in [7, 11) is 0. The molecule has 1 aromatic rings. The number of rotatable bonds is 6. The van der Waals surface area contributed by atoms with Crippen molar-refractivity contribution in [1.82, 2.24) is 9.80 Å². The maximum atomic E-state index is 12.4. The van der Waals surface area contributed by atoms with E-state index in [-0.39, 0.29) is 36.8 Å². The molecule has 1 fully saturated rings. The second kappa shape index (κ2) is 10.9. The van der Waals surface area contributed by atoms with Gasteiger partial charge in [-0.05, 0) is 25.1 Å². The quantitative estimate of drug-likeness (QED) is 0.847. The number of amides is 1. The summed E-state index contributed by atoms with van der Waals surface area (Å²) in [5.74, 6) is 0.181. The summed E-state index contributed by atoms with van der Waals surface area (Å²) >= 11 is 0. The molecular weight excluding hydrogens is 333 g/mol. The fourth-order valence-corrected chi connectivity index (χ4v) is 3.14. The van der Waals surface area contributed by atoms with Crippen molar-refractivity contribution in [3.05, 3.63) is 35.9 Å². The van der Waals surface area contributed by atoms with Crippen LogP contribution < -0.4 is 5.73 Å². The lowest BCUT2D eigenvalue weighted by Gasteiger charge is -2.26. The van der Waals surface area contributed by atoms with Crippen LogP contribution in [0.3, 0.4) is 0 Å². The van der Waals surface area contributed by atoms with Gasteiger partial charge in [0, 0.05) is 31.6 Å². The summed E-state index contributed by atoms with van der Waals surface area (Å²) in [6.07, 6.45) is 1.48. The van der Waals surface area contributed by atoms with Gasteiger partial charge in [0.1, 0.15) is 0 Å². The normalized spacial score (nSPS) is 18.3. The molecule has 1 heterocycles. The number of carbonyl (C=O) groups excluding carboxylic acids is 1. The van der Waals surface area contributed by atoms with Crippen molar-refractivity contribution < 1.29 is 4.79 Å². The zero-order chi connectivity index (χ0) is 15.2. The lowest BCUT2D eigenvalue weighted by atomic mass is 10.0. The Morgan fingerprint density at radius 3 is 2.43 bits per heavy atom. The average molecular weight is 362 g/mol. The Morgan fingerprint density at radius 2 is 1.87 bits per heavy atom. The van der Waals surface area contributed by atoms with Crippen LogP contribution in [0.2, 0.25) is 0 Å². The molecule has 2 unspecified atom stereocenters. The maximum Gasteiger partial charge on any atom is 0.224 e. The summed E-state index contributed by atoms with van der Waals surface area (Å²) < 4.78 is 0. The molecule has 0 bridgehead atoms. The molecule has 2 atom stereocenters. The molecule has 1 aliphatic rings. The highest BCUT2D eigenvalue weighted by Crippen LogP contribution is 2.20. The van der Waals surface area contributed by atoms with Crippen molar-refractivity contribution in [2.75, 3.05) is 26.2 Å². The molecule has 1 amide bonds. The van der Waals surface area contributed by atoms with Gasteiger partial charge in [0.2, 0.25) is 5.91 Å². The Bertz CT molecular complexity index is 454. The van der Waals surface area contributed by atoms with Crippen molar-refractivity contribution >= 4 is 30.7 Å². The highest BCUT2D eigenvalue weighted by atomic mass is 35.5. The summed E-state index contributed by atoms with van der Waals surface area (Å²) in [5.41, 5.74) is 7.19. The summed E-state index contributed by atoms with van der Waals surface area (Å²) in [5, 5.41) is 0. The third kappa shape index (κ3) is 5.96. The van der Waals surface area contributed by atoms with Gasteiger partial charge in [-0.25, -0.2) is 0 Å². The first-order valence-corrected chi connectivity index (χ1v) is 7.98. The molecule has 0 radical (unpaired) electrons. The molecule has 1 aromatic carbocycles. The first-order chi connectivity index (χ1) is 10.2. The standard InChI is InChI=1S/C17H27N3O.2ClH/c1-3-19(4-2)15-10-11-20(13-15)17(21)12-16(18)14-8-6-5-7-9-14;;/h5-9,15-16H,3-4,10-13,18H2,1-2H3;2*1H. The fourth-order valence-electron chi connectivity index (χ4n) is 3.14. The lowest BCUT2D eigenvalue weighted by Crippen LogP contribution is -2.39. The predicted octanol–water partition coefficient (Wildman–Crippen LogP) is 2.86. The molecule has 1 saturated heterocycles. The molecule has 1 aliphatic heterocycles. The molecule has 2 N–H and O–H groups in total. The molecule has 0 aromatic heterocycles. The minimum absolute atomic E-state index is 0. The van der Waals surface area contributed by atoms with Crippen LogP contribution in [-0.2, 0) is 4.79 Å². The van der Waals surface area contributed by atoms with E-state index in [1.54, 1.807) is 0 Å². The maximum absolute atomic E-state index is 12.4. The molecule has 2 rings (SSSR count). The van der Waals surface area contributed by atoms with Gasteiger partial charge in [0.15, 0.2) is 0 Å². The van der Waals surface area contributed by atoms with Crippen LogP contribution >= 0.6 is 24.8 Å². The lowest BCUT2D eigenvalue weighted by molar-refractivity contribution is -0.130. The van der Waals surface area contributed by atoms with Crippen LogP contribution in [0.1, 0.15) is 38.3 Å². The van der Waals surface area contributed by atoms with Crippen LogP contribution in [0.25, 0.3) is 0 Å². The number of halogens is 2. The van der Waals surface area contributed by atoms with Gasteiger partial charge in [0.05, 0.1) is 0 Å². The molecule has 0 spiro atoms. The first kappa shape index (κ1) is 22.2. The van der Waals surface area contributed by atoms with E-state index in [4.69, 9.17) is 5.73 Å². The zero-order valence-corrected chi connectivity index (χ0v) is 15.6. The summed E-state index contributed by atoms with van der Waals surface area (Å²) in [6, 6.07) is 10.2. The van der Waals surface area contributed by atoms with Crippen molar-refractivity contribution in [3.8, 4) is 0 Å². The Labute approximate surface area is 152 Å². The monoisotopic (exact) mass is 361 g/mol. The molecule has 4 nitrogen and oxygen atoms in total. The van der Waals surface area contributed by atoms with Gasteiger partial charge in [-0.1, -0.05) is 44.2 Å². The SMILES string of the molecule is CCN(CC)C1CCN(C(=O)CC(N)c2ccccc2)C1.Cl.Cl. The van der Waals surface area contributed by atoms with Crippen LogP contribution in [-0.4, -0.2) is 47.9 Å². The molecular formula is C17H29Cl2N3O. The topological polar surface area (TPSA) is 49.6 Å². The number of carbonyl (C=O) groups is 1. The largest absolute Gasteiger partial charge is 0.341 e. The molecule has 0 aliphatic carbocycles. The number of likely N-dealkylation sites (N-methyl/N-ethyl adjacent to an activating group) is 1. The number of hydrogen-bond donors (Lipinski definition) is 1. The first-order valence-electron chi connectivity index (χ1n) is 7.98. The second-order valence-corrected chi connectivity index (χ2v) is 5.72. The van der Waals surface area contributed by atoms with Crippen molar-refractivity contribution in [2.45, 2.75) is 38.8 Å². The van der Waals surface area contributed by atoms with E-state index in [0.29, 0.717) is 12.5 Å². The van der Waals surface area contributed by atoms with Gasteiger partial charge >= 0.3 is 0 Å². The van der Waals surface area contributed by atoms with Gasteiger partial charge in [-0.15, -0.1) is 24.8 Å². The number of nitrogens with zero attached hydrogens (tertiary/aromatic N) is 2. The van der Waals surface area contributed by atoms with Crippen LogP contribution in [0, 0.1) is 0 Å². The van der Waals surface area contributed by atoms with E-state index in [0.717, 1.165) is 38.2 Å². The van der Waals surface area contributed by atoms with Crippen LogP contribution in [0.15, 0.2) is 30.3 Å². The Morgan fingerprint density at radius 1 is 1.26 bits per heavy atom. The summed E-state index contributed by atoms with van der Waals surface area (Å²) in [6.45, 7) is 8.17. The van der Waals surface area contributed by atoms with Gasteiger partial charge in [0.25, 0.3) is 0 Å². The van der Waals surface area contributed by atoms with Crippen LogP contribution in [0.5, 0.6) is 0 Å². The van der Waals surface area contributed by atoms with Crippen molar-refractivity contribution in [2.24, 2.45) is 5.73 Å². The third-order valence-electron chi connectivity index (χ3n) is 4.47. The van der Waals surface area contributed by atoms with Crippen LogP contribution in [0.4, 0.5) is 0 Å². The molecule has 0 saturated carbocycles. The Kier molecular flexibility index (Phi) is 10.5. The minimum atomic E-state index is -0.203. The van der Waals surface area contributed by atoms with Gasteiger partial charge < -0.3 is 10.6 Å². The van der Waals surface area contributed by atoms with Gasteiger partial charge in [-0.3, -0.25) is 9.69 Å². The number of hydrogen-bond acceptors (Lipinski definition) is 3. The van der Waals surface area contributed by atoms with E-state index < -0.39 is 0 Å². The zero-order valence-electron chi connectivity index (χ0n) is 14.0. The Balaban J connectivity index is 0.00000242. The average Bonchev–Trinajstić information content (AvgIpc) is 2.99. The Hall–Kier alpha value is -0.810. The predicted molar refractivity (Wildman–Crippen MR) is 100 cm³/mol. The van der Waals surface area contributed by atoms with E-state index in [9.17, 15) is 4.79 Å². The molecule has 6 heteroatoms. The fraction of sp³-hybridized carbons (Fsp3) is 0.588. The highest BCUT2D eigenvalue weighted by molar-refractivity contribution is 5.85. The van der Waals surface area contributed by atoms with Crippen molar-refractivity contribution in [1.29, 1.82) is 0 Å². The van der Waals surface area contributed by atoms with E-state index >= 15 is 0 Å². The summed E-state index contributed by atoms with van der Waals surface area (Å²) in [4.78, 5) is 16.8. The van der Waals surface area contributed by atoms with E-state index in [1.165, 1.54) is 0 Å². The van der Waals surface area contributed by atoms with E-state index in [1.807, 2.05) is 35.2 Å². The highest BCUT2D eigenvalue weighted by Gasteiger charge is 2.29.